The molecule has 0 spiro atoms. The van der Waals surface area contributed by atoms with Crippen molar-refractivity contribution in [3.8, 4) is 0 Å². The zero-order chi connectivity index (χ0) is 20.6. The summed E-state index contributed by atoms with van der Waals surface area (Å²) in [6.07, 6.45) is 0.887. The first-order valence-electron chi connectivity index (χ1n) is 10.1. The maximum Gasteiger partial charge on any atom is 0.312 e. The fourth-order valence-corrected chi connectivity index (χ4v) is 3.45. The molecule has 1 aliphatic rings. The smallest absolute Gasteiger partial charge is 0.312 e. The highest BCUT2D eigenvalue weighted by molar-refractivity contribution is 5.87. The monoisotopic (exact) mass is 389 g/mol. The van der Waals surface area contributed by atoms with Crippen molar-refractivity contribution in [2.24, 2.45) is 11.1 Å². The van der Waals surface area contributed by atoms with Crippen molar-refractivity contribution in [1.82, 2.24) is 20.4 Å². The van der Waals surface area contributed by atoms with Crippen molar-refractivity contribution >= 4 is 11.9 Å². The first-order valence-corrected chi connectivity index (χ1v) is 10.1. The number of hydrogen-bond donors (Lipinski definition) is 3. The number of urea groups is 1. The molecule has 0 aliphatic carbocycles. The molecule has 1 aliphatic heterocycles. The number of carbonyl (C=O) groups is 2. The SMILES string of the molecule is CC(C)(C)C(NC(N)=O)C(=O)NCCCN1CCN(Cc2ccccc2)CC1. The van der Waals surface area contributed by atoms with Crippen LogP contribution in [0.25, 0.3) is 0 Å². The Hall–Kier alpha value is -2.12. The first kappa shape index (κ1) is 22.2. The van der Waals surface area contributed by atoms with Crippen molar-refractivity contribution in [3.63, 3.8) is 0 Å². The van der Waals surface area contributed by atoms with E-state index in [9.17, 15) is 9.59 Å². The van der Waals surface area contributed by atoms with Crippen LogP contribution in [0.4, 0.5) is 4.79 Å². The highest BCUT2D eigenvalue weighted by Crippen LogP contribution is 2.19. The van der Waals surface area contributed by atoms with Gasteiger partial charge in [-0.2, -0.15) is 0 Å². The summed E-state index contributed by atoms with van der Waals surface area (Å²) < 4.78 is 0. The second-order valence-corrected chi connectivity index (χ2v) is 8.56. The van der Waals surface area contributed by atoms with E-state index in [1.54, 1.807) is 0 Å². The van der Waals surface area contributed by atoms with Gasteiger partial charge in [0, 0.05) is 39.3 Å². The number of carbonyl (C=O) groups excluding carboxylic acids is 2. The van der Waals surface area contributed by atoms with Gasteiger partial charge in [0.1, 0.15) is 6.04 Å². The van der Waals surface area contributed by atoms with E-state index < -0.39 is 17.5 Å². The molecule has 1 heterocycles. The number of nitrogens with one attached hydrogen (secondary N) is 2. The largest absolute Gasteiger partial charge is 0.354 e. The minimum Gasteiger partial charge on any atom is -0.354 e. The van der Waals surface area contributed by atoms with Crippen LogP contribution >= 0.6 is 0 Å². The summed E-state index contributed by atoms with van der Waals surface area (Å²) in [5, 5.41) is 5.47. The number of nitrogens with zero attached hydrogens (tertiary/aromatic N) is 2. The predicted octanol–water partition coefficient (Wildman–Crippen LogP) is 1.39. The van der Waals surface area contributed by atoms with Crippen molar-refractivity contribution in [3.05, 3.63) is 35.9 Å². The lowest BCUT2D eigenvalue weighted by molar-refractivity contribution is -0.125. The second kappa shape index (κ2) is 10.4. The van der Waals surface area contributed by atoms with Crippen LogP contribution in [-0.2, 0) is 11.3 Å². The summed E-state index contributed by atoms with van der Waals surface area (Å²) in [4.78, 5) is 28.5. The highest BCUT2D eigenvalue weighted by Gasteiger charge is 2.32. The van der Waals surface area contributed by atoms with Crippen LogP contribution in [0.5, 0.6) is 0 Å². The van der Waals surface area contributed by atoms with Gasteiger partial charge >= 0.3 is 6.03 Å². The highest BCUT2D eigenvalue weighted by atomic mass is 16.2. The molecule has 0 saturated carbocycles. The van der Waals surface area contributed by atoms with E-state index >= 15 is 0 Å². The maximum atomic E-state index is 12.4. The fraction of sp³-hybridized carbons (Fsp3) is 0.619. The molecule has 0 bridgehead atoms. The average Bonchev–Trinajstić information content (AvgIpc) is 2.64. The van der Waals surface area contributed by atoms with Crippen LogP contribution in [0.15, 0.2) is 30.3 Å². The van der Waals surface area contributed by atoms with Crippen LogP contribution in [0, 0.1) is 5.41 Å². The quantitative estimate of drug-likeness (QED) is 0.586. The third-order valence-electron chi connectivity index (χ3n) is 5.08. The Morgan fingerprint density at radius 1 is 1.07 bits per heavy atom. The fourth-order valence-electron chi connectivity index (χ4n) is 3.45. The number of rotatable bonds is 8. The van der Waals surface area contributed by atoms with Crippen LogP contribution in [-0.4, -0.2) is 67.0 Å². The summed E-state index contributed by atoms with van der Waals surface area (Å²) >= 11 is 0. The molecule has 2 rings (SSSR count). The number of piperazine rings is 1. The molecule has 28 heavy (non-hydrogen) atoms. The summed E-state index contributed by atoms with van der Waals surface area (Å²) in [6, 6.07) is 9.26. The van der Waals surface area contributed by atoms with Gasteiger partial charge in [0.15, 0.2) is 0 Å². The average molecular weight is 390 g/mol. The Labute approximate surface area is 168 Å². The molecule has 1 saturated heterocycles. The summed E-state index contributed by atoms with van der Waals surface area (Å²) in [5.41, 5.74) is 6.16. The number of amides is 3. The zero-order valence-corrected chi connectivity index (χ0v) is 17.4. The molecule has 1 fully saturated rings. The normalized spacial score (nSPS) is 17.1. The zero-order valence-electron chi connectivity index (χ0n) is 17.4. The number of benzene rings is 1. The van der Waals surface area contributed by atoms with Crippen LogP contribution < -0.4 is 16.4 Å². The van der Waals surface area contributed by atoms with Crippen LogP contribution in [0.3, 0.4) is 0 Å². The van der Waals surface area contributed by atoms with Gasteiger partial charge in [0.2, 0.25) is 5.91 Å². The van der Waals surface area contributed by atoms with Gasteiger partial charge in [-0.15, -0.1) is 0 Å². The molecule has 1 atom stereocenters. The van der Waals surface area contributed by atoms with Gasteiger partial charge < -0.3 is 21.3 Å². The minimum atomic E-state index is -0.677. The summed E-state index contributed by atoms with van der Waals surface area (Å²) in [5.74, 6) is -0.181. The van der Waals surface area contributed by atoms with Crippen molar-refractivity contribution in [2.45, 2.75) is 39.8 Å². The molecular formula is C21H35N5O2. The van der Waals surface area contributed by atoms with E-state index in [2.05, 4.69) is 44.7 Å². The van der Waals surface area contributed by atoms with Gasteiger partial charge in [-0.05, 0) is 23.9 Å². The third kappa shape index (κ3) is 7.48. The molecule has 7 nitrogen and oxygen atoms in total. The Kier molecular flexibility index (Phi) is 8.26. The molecule has 7 heteroatoms. The van der Waals surface area contributed by atoms with E-state index in [4.69, 9.17) is 5.73 Å². The lowest BCUT2D eigenvalue weighted by atomic mass is 9.86. The molecule has 0 aromatic heterocycles. The topological polar surface area (TPSA) is 90.7 Å². The summed E-state index contributed by atoms with van der Waals surface area (Å²) in [6.45, 7) is 12.5. The Bertz CT molecular complexity index is 621. The molecule has 1 aromatic rings. The molecule has 1 aromatic carbocycles. The Morgan fingerprint density at radius 2 is 1.68 bits per heavy atom. The number of nitrogens with two attached hydrogens (primary N) is 1. The van der Waals surface area contributed by atoms with E-state index in [1.807, 2.05) is 26.8 Å². The van der Waals surface area contributed by atoms with E-state index in [0.717, 1.165) is 45.7 Å². The Morgan fingerprint density at radius 3 is 2.25 bits per heavy atom. The molecule has 3 amide bonds. The third-order valence-corrected chi connectivity index (χ3v) is 5.08. The molecule has 1 unspecified atom stereocenters. The van der Waals surface area contributed by atoms with Gasteiger partial charge in [-0.1, -0.05) is 51.1 Å². The number of hydrogen-bond acceptors (Lipinski definition) is 4. The second-order valence-electron chi connectivity index (χ2n) is 8.56. The van der Waals surface area contributed by atoms with E-state index in [0.29, 0.717) is 6.54 Å². The molecule has 4 N–H and O–H groups in total. The molecular weight excluding hydrogens is 354 g/mol. The lowest BCUT2D eigenvalue weighted by Gasteiger charge is -2.34. The van der Waals surface area contributed by atoms with Crippen molar-refractivity contribution in [2.75, 3.05) is 39.3 Å². The van der Waals surface area contributed by atoms with Crippen LogP contribution in [0.1, 0.15) is 32.8 Å². The van der Waals surface area contributed by atoms with E-state index in [1.165, 1.54) is 5.56 Å². The molecule has 0 radical (unpaired) electrons. The molecule has 156 valence electrons. The number of primary amides is 1. The van der Waals surface area contributed by atoms with E-state index in [-0.39, 0.29) is 5.91 Å². The van der Waals surface area contributed by atoms with Crippen molar-refractivity contribution in [1.29, 1.82) is 0 Å². The lowest BCUT2D eigenvalue weighted by Crippen LogP contribution is -2.55. The van der Waals surface area contributed by atoms with Gasteiger partial charge in [-0.3, -0.25) is 9.69 Å². The summed E-state index contributed by atoms with van der Waals surface area (Å²) in [7, 11) is 0. The standard InChI is InChI=1S/C21H35N5O2/c1-21(2,3)18(24-20(22)28)19(27)23-10-7-11-25-12-14-26(15-13-25)16-17-8-5-4-6-9-17/h4-6,8-9,18H,7,10-16H2,1-3H3,(H,23,27)(H3,22,24,28). The Balaban J connectivity index is 1.64. The minimum absolute atomic E-state index is 0.181. The maximum absolute atomic E-state index is 12.4. The van der Waals surface area contributed by atoms with Crippen LogP contribution in [0.2, 0.25) is 0 Å². The van der Waals surface area contributed by atoms with Crippen molar-refractivity contribution < 1.29 is 9.59 Å². The van der Waals surface area contributed by atoms with Gasteiger partial charge in [0.05, 0.1) is 0 Å². The first-order chi connectivity index (χ1) is 13.3. The van der Waals surface area contributed by atoms with Gasteiger partial charge in [0.25, 0.3) is 0 Å². The predicted molar refractivity (Wildman–Crippen MR) is 112 cm³/mol. The van der Waals surface area contributed by atoms with Gasteiger partial charge in [-0.25, -0.2) is 4.79 Å².